The van der Waals surface area contributed by atoms with E-state index in [0.29, 0.717) is 24.9 Å². The fourth-order valence-electron chi connectivity index (χ4n) is 2.71. The van der Waals surface area contributed by atoms with Crippen LogP contribution in [0, 0.1) is 6.92 Å². The van der Waals surface area contributed by atoms with Crippen molar-refractivity contribution in [1.82, 2.24) is 4.90 Å². The van der Waals surface area contributed by atoms with Crippen molar-refractivity contribution in [2.75, 3.05) is 6.54 Å². The SMILES string of the molecule is Cc1ccccc1C(C(=O)O)N1CCCC1C(=O)O. The first-order chi connectivity index (χ1) is 9.02. The molecule has 102 valence electrons. The summed E-state index contributed by atoms with van der Waals surface area (Å²) in [6.07, 6.45) is 1.22. The highest BCUT2D eigenvalue weighted by atomic mass is 16.4. The van der Waals surface area contributed by atoms with Crippen LogP contribution in [0.25, 0.3) is 0 Å². The maximum Gasteiger partial charge on any atom is 0.325 e. The summed E-state index contributed by atoms with van der Waals surface area (Å²) < 4.78 is 0. The van der Waals surface area contributed by atoms with Crippen LogP contribution in [-0.2, 0) is 9.59 Å². The van der Waals surface area contributed by atoms with Gasteiger partial charge in [0, 0.05) is 6.54 Å². The molecule has 1 aliphatic heterocycles. The van der Waals surface area contributed by atoms with Gasteiger partial charge in [0.05, 0.1) is 0 Å². The highest BCUT2D eigenvalue weighted by molar-refractivity contribution is 5.79. The number of hydrogen-bond acceptors (Lipinski definition) is 3. The monoisotopic (exact) mass is 263 g/mol. The molecule has 0 amide bonds. The lowest BCUT2D eigenvalue weighted by molar-refractivity contribution is -0.149. The first kappa shape index (κ1) is 13.5. The van der Waals surface area contributed by atoms with Crippen LogP contribution in [0.2, 0.25) is 0 Å². The normalized spacial score (nSPS) is 21.2. The molecule has 0 bridgehead atoms. The van der Waals surface area contributed by atoms with Crippen LogP contribution in [0.4, 0.5) is 0 Å². The third-order valence-electron chi connectivity index (χ3n) is 3.63. The van der Waals surface area contributed by atoms with Crippen molar-refractivity contribution in [3.8, 4) is 0 Å². The summed E-state index contributed by atoms with van der Waals surface area (Å²) in [5, 5.41) is 18.7. The molecular formula is C14H17NO4. The Morgan fingerprint density at radius 2 is 2.00 bits per heavy atom. The highest BCUT2D eigenvalue weighted by Gasteiger charge is 2.39. The average molecular weight is 263 g/mol. The second kappa shape index (κ2) is 5.40. The van der Waals surface area contributed by atoms with Crippen LogP contribution in [0.5, 0.6) is 0 Å². The molecule has 2 N–H and O–H groups in total. The number of aryl methyl sites for hydroxylation is 1. The van der Waals surface area contributed by atoms with Crippen molar-refractivity contribution >= 4 is 11.9 Å². The third kappa shape index (κ3) is 2.61. The van der Waals surface area contributed by atoms with Gasteiger partial charge in [-0.15, -0.1) is 0 Å². The maximum atomic E-state index is 11.6. The van der Waals surface area contributed by atoms with E-state index in [1.54, 1.807) is 17.0 Å². The molecule has 1 heterocycles. The minimum Gasteiger partial charge on any atom is -0.480 e. The van der Waals surface area contributed by atoms with Crippen LogP contribution in [-0.4, -0.2) is 39.6 Å². The molecule has 5 heteroatoms. The zero-order chi connectivity index (χ0) is 14.0. The largest absolute Gasteiger partial charge is 0.480 e. The molecule has 2 rings (SSSR count). The second-order valence-electron chi connectivity index (χ2n) is 4.83. The number of carbonyl (C=O) groups is 2. The van der Waals surface area contributed by atoms with Gasteiger partial charge in [0.15, 0.2) is 0 Å². The molecule has 0 radical (unpaired) electrons. The van der Waals surface area contributed by atoms with Gasteiger partial charge in [-0.3, -0.25) is 14.5 Å². The molecule has 0 spiro atoms. The standard InChI is InChI=1S/C14H17NO4/c1-9-5-2-3-6-10(9)12(14(18)19)15-8-4-7-11(15)13(16)17/h2-3,5-6,11-12H,4,7-8H2,1H3,(H,16,17)(H,18,19). The van der Waals surface area contributed by atoms with Gasteiger partial charge in [-0.05, 0) is 30.9 Å². The predicted octanol–water partition coefficient (Wildman–Crippen LogP) is 1.67. The number of carboxylic acid groups (broad SMARTS) is 2. The Bertz CT molecular complexity index is 500. The molecule has 0 saturated carbocycles. The van der Waals surface area contributed by atoms with Gasteiger partial charge in [-0.1, -0.05) is 24.3 Å². The first-order valence-electron chi connectivity index (χ1n) is 6.29. The molecule has 1 saturated heterocycles. The quantitative estimate of drug-likeness (QED) is 0.864. The lowest BCUT2D eigenvalue weighted by Gasteiger charge is -2.29. The van der Waals surface area contributed by atoms with Crippen molar-refractivity contribution in [2.45, 2.75) is 31.8 Å². The Kier molecular flexibility index (Phi) is 3.85. The van der Waals surface area contributed by atoms with Gasteiger partial charge in [0.1, 0.15) is 12.1 Å². The number of benzene rings is 1. The molecule has 1 aliphatic rings. The molecule has 1 fully saturated rings. The Morgan fingerprint density at radius 3 is 2.58 bits per heavy atom. The van der Waals surface area contributed by atoms with Crippen molar-refractivity contribution in [2.24, 2.45) is 0 Å². The molecular weight excluding hydrogens is 246 g/mol. The van der Waals surface area contributed by atoms with E-state index in [0.717, 1.165) is 5.56 Å². The van der Waals surface area contributed by atoms with E-state index in [1.807, 2.05) is 19.1 Å². The van der Waals surface area contributed by atoms with Crippen molar-refractivity contribution < 1.29 is 19.8 Å². The number of nitrogens with zero attached hydrogens (tertiary/aromatic N) is 1. The number of rotatable bonds is 4. The van der Waals surface area contributed by atoms with Crippen molar-refractivity contribution in [3.63, 3.8) is 0 Å². The summed E-state index contributed by atoms with van der Waals surface area (Å²) in [5.41, 5.74) is 1.54. The molecule has 19 heavy (non-hydrogen) atoms. The van der Waals surface area contributed by atoms with E-state index < -0.39 is 24.0 Å². The molecule has 1 aromatic rings. The average Bonchev–Trinajstić information content (AvgIpc) is 2.80. The van der Waals surface area contributed by atoms with Crippen LogP contribution in [0.1, 0.15) is 30.0 Å². The van der Waals surface area contributed by atoms with E-state index in [1.165, 1.54) is 0 Å². The highest BCUT2D eigenvalue weighted by Crippen LogP contribution is 2.31. The zero-order valence-electron chi connectivity index (χ0n) is 10.7. The summed E-state index contributed by atoms with van der Waals surface area (Å²) in [6.45, 7) is 2.35. The second-order valence-corrected chi connectivity index (χ2v) is 4.83. The zero-order valence-corrected chi connectivity index (χ0v) is 10.7. The van der Waals surface area contributed by atoms with E-state index in [4.69, 9.17) is 0 Å². The molecule has 0 aliphatic carbocycles. The van der Waals surface area contributed by atoms with E-state index in [9.17, 15) is 19.8 Å². The lowest BCUT2D eigenvalue weighted by Crippen LogP contribution is -2.42. The van der Waals surface area contributed by atoms with Crippen molar-refractivity contribution in [1.29, 1.82) is 0 Å². The fraction of sp³-hybridized carbons (Fsp3) is 0.429. The predicted molar refractivity (Wildman–Crippen MR) is 68.9 cm³/mol. The van der Waals surface area contributed by atoms with E-state index in [2.05, 4.69) is 0 Å². The summed E-state index contributed by atoms with van der Waals surface area (Å²) in [4.78, 5) is 24.4. The molecule has 2 unspecified atom stereocenters. The number of hydrogen-bond donors (Lipinski definition) is 2. The van der Waals surface area contributed by atoms with Crippen molar-refractivity contribution in [3.05, 3.63) is 35.4 Å². The van der Waals surface area contributed by atoms with Crippen LogP contribution in [0.15, 0.2) is 24.3 Å². The van der Waals surface area contributed by atoms with Crippen LogP contribution < -0.4 is 0 Å². The molecule has 5 nitrogen and oxygen atoms in total. The summed E-state index contributed by atoms with van der Waals surface area (Å²) >= 11 is 0. The Hall–Kier alpha value is -1.88. The molecule has 1 aromatic carbocycles. The fourth-order valence-corrected chi connectivity index (χ4v) is 2.71. The van der Waals surface area contributed by atoms with Crippen LogP contribution in [0.3, 0.4) is 0 Å². The van der Waals surface area contributed by atoms with Gasteiger partial charge in [-0.2, -0.15) is 0 Å². The van der Waals surface area contributed by atoms with Gasteiger partial charge in [-0.25, -0.2) is 0 Å². The molecule has 2 atom stereocenters. The minimum atomic E-state index is -0.998. The number of likely N-dealkylation sites (tertiary alicyclic amines) is 1. The third-order valence-corrected chi connectivity index (χ3v) is 3.63. The molecule has 0 aromatic heterocycles. The summed E-state index contributed by atoms with van der Waals surface area (Å²) in [7, 11) is 0. The smallest absolute Gasteiger partial charge is 0.325 e. The summed E-state index contributed by atoms with van der Waals surface area (Å²) in [6, 6.07) is 5.63. The van der Waals surface area contributed by atoms with Gasteiger partial charge in [0.2, 0.25) is 0 Å². The van der Waals surface area contributed by atoms with Crippen LogP contribution >= 0.6 is 0 Å². The lowest BCUT2D eigenvalue weighted by atomic mass is 9.99. The minimum absolute atomic E-state index is 0.502. The Labute approximate surface area is 111 Å². The maximum absolute atomic E-state index is 11.6. The van der Waals surface area contributed by atoms with Gasteiger partial charge >= 0.3 is 11.9 Å². The summed E-state index contributed by atoms with van der Waals surface area (Å²) in [5.74, 6) is -1.94. The van der Waals surface area contributed by atoms with Gasteiger partial charge < -0.3 is 10.2 Å². The first-order valence-corrected chi connectivity index (χ1v) is 6.29. The Balaban J connectivity index is 2.39. The number of carboxylic acids is 2. The number of aliphatic carboxylic acids is 2. The van der Waals surface area contributed by atoms with Gasteiger partial charge in [0.25, 0.3) is 0 Å². The topological polar surface area (TPSA) is 77.8 Å². The Morgan fingerprint density at radius 1 is 1.32 bits per heavy atom. The van der Waals surface area contributed by atoms with E-state index in [-0.39, 0.29) is 0 Å². The van der Waals surface area contributed by atoms with E-state index >= 15 is 0 Å².